The summed E-state index contributed by atoms with van der Waals surface area (Å²) in [6, 6.07) is 3.56. The number of sulfone groups is 1. The van der Waals surface area contributed by atoms with Gasteiger partial charge in [0.2, 0.25) is 0 Å². The van der Waals surface area contributed by atoms with Gasteiger partial charge in [-0.15, -0.1) is 0 Å². The Labute approximate surface area is 83.1 Å². The van der Waals surface area contributed by atoms with E-state index in [1.807, 2.05) is 6.07 Å². The number of nitrogen functional groups attached to an aromatic ring is 1. The highest BCUT2D eigenvalue weighted by molar-refractivity contribution is 7.91. The molecule has 2 heterocycles. The summed E-state index contributed by atoms with van der Waals surface area (Å²) in [5, 5.41) is 0. The highest BCUT2D eigenvalue weighted by Gasteiger charge is 2.28. The first kappa shape index (κ1) is 9.45. The van der Waals surface area contributed by atoms with Gasteiger partial charge in [0, 0.05) is 12.1 Å². The van der Waals surface area contributed by atoms with Gasteiger partial charge in [-0.05, 0) is 18.1 Å². The second-order valence-corrected chi connectivity index (χ2v) is 5.85. The molecule has 1 atom stereocenters. The lowest BCUT2D eigenvalue weighted by atomic mass is 10.0. The van der Waals surface area contributed by atoms with E-state index in [1.54, 1.807) is 12.3 Å². The Bertz CT molecular complexity index is 425. The van der Waals surface area contributed by atoms with Gasteiger partial charge in [-0.1, -0.05) is 6.07 Å². The zero-order valence-electron chi connectivity index (χ0n) is 7.68. The van der Waals surface area contributed by atoms with E-state index in [0.29, 0.717) is 18.0 Å². The lowest BCUT2D eigenvalue weighted by Gasteiger charge is -2.06. The van der Waals surface area contributed by atoms with Crippen molar-refractivity contribution in [2.75, 3.05) is 17.2 Å². The number of hydrogen-bond acceptors (Lipinski definition) is 4. The summed E-state index contributed by atoms with van der Waals surface area (Å²) in [6.07, 6.45) is 2.37. The average Bonchev–Trinajstić information content (AvgIpc) is 2.47. The fourth-order valence-electron chi connectivity index (χ4n) is 1.72. The van der Waals surface area contributed by atoms with Crippen LogP contribution in [0.3, 0.4) is 0 Å². The van der Waals surface area contributed by atoms with E-state index in [1.165, 1.54) is 0 Å². The monoisotopic (exact) mass is 212 g/mol. The Balaban J connectivity index is 2.22. The van der Waals surface area contributed by atoms with Crippen molar-refractivity contribution < 1.29 is 8.42 Å². The largest absolute Gasteiger partial charge is 0.384 e. The SMILES string of the molecule is Nc1ccc([C@@H]2CCS(=O)(=O)C2)cn1. The quantitative estimate of drug-likeness (QED) is 0.738. The molecule has 76 valence electrons. The molecule has 0 bridgehead atoms. The van der Waals surface area contributed by atoms with Crippen LogP contribution in [0, 0.1) is 0 Å². The number of pyridine rings is 1. The van der Waals surface area contributed by atoms with E-state index < -0.39 is 9.84 Å². The molecular formula is C9H12N2O2S. The summed E-state index contributed by atoms with van der Waals surface area (Å²) in [4.78, 5) is 3.95. The Morgan fingerprint density at radius 1 is 1.43 bits per heavy atom. The van der Waals surface area contributed by atoms with Gasteiger partial charge in [-0.2, -0.15) is 0 Å². The Morgan fingerprint density at radius 3 is 2.71 bits per heavy atom. The molecule has 0 radical (unpaired) electrons. The minimum absolute atomic E-state index is 0.105. The lowest BCUT2D eigenvalue weighted by molar-refractivity contribution is 0.601. The Hall–Kier alpha value is -1.10. The third kappa shape index (κ3) is 1.87. The average molecular weight is 212 g/mol. The first-order chi connectivity index (χ1) is 6.57. The minimum atomic E-state index is -2.81. The molecule has 1 fully saturated rings. The number of rotatable bonds is 1. The minimum Gasteiger partial charge on any atom is -0.384 e. The molecule has 1 saturated heterocycles. The van der Waals surface area contributed by atoms with Gasteiger partial charge in [0.15, 0.2) is 9.84 Å². The first-order valence-corrected chi connectivity index (χ1v) is 6.31. The predicted octanol–water partition coefficient (Wildman–Crippen LogP) is 0.566. The van der Waals surface area contributed by atoms with Crippen molar-refractivity contribution in [3.63, 3.8) is 0 Å². The van der Waals surface area contributed by atoms with Crippen LogP contribution in [-0.2, 0) is 9.84 Å². The van der Waals surface area contributed by atoms with Crippen molar-refractivity contribution in [2.45, 2.75) is 12.3 Å². The van der Waals surface area contributed by atoms with Crippen molar-refractivity contribution in [1.82, 2.24) is 4.98 Å². The van der Waals surface area contributed by atoms with Crippen molar-refractivity contribution in [1.29, 1.82) is 0 Å². The molecule has 0 spiro atoms. The number of hydrogen-bond donors (Lipinski definition) is 1. The van der Waals surface area contributed by atoms with Crippen LogP contribution in [0.15, 0.2) is 18.3 Å². The number of nitrogens with zero attached hydrogens (tertiary/aromatic N) is 1. The summed E-state index contributed by atoms with van der Waals surface area (Å²) in [7, 11) is -2.81. The first-order valence-electron chi connectivity index (χ1n) is 4.49. The molecule has 0 unspecified atom stereocenters. The molecule has 0 amide bonds. The summed E-state index contributed by atoms with van der Waals surface area (Å²) in [6.45, 7) is 0. The van der Waals surface area contributed by atoms with Gasteiger partial charge in [-0.25, -0.2) is 13.4 Å². The van der Waals surface area contributed by atoms with Crippen molar-refractivity contribution in [3.8, 4) is 0 Å². The maximum atomic E-state index is 11.2. The van der Waals surface area contributed by atoms with Gasteiger partial charge < -0.3 is 5.73 Å². The maximum absolute atomic E-state index is 11.2. The zero-order chi connectivity index (χ0) is 10.2. The highest BCUT2D eigenvalue weighted by Crippen LogP contribution is 2.28. The second-order valence-electron chi connectivity index (χ2n) is 3.62. The van der Waals surface area contributed by atoms with Crippen LogP contribution in [0.5, 0.6) is 0 Å². The Kier molecular flexibility index (Phi) is 2.19. The molecule has 0 saturated carbocycles. The third-order valence-corrected chi connectivity index (χ3v) is 4.28. The fourth-order valence-corrected chi connectivity index (χ4v) is 3.50. The van der Waals surface area contributed by atoms with Crippen LogP contribution in [0.25, 0.3) is 0 Å². The third-order valence-electron chi connectivity index (χ3n) is 2.51. The normalized spacial score (nSPS) is 25.0. The molecule has 0 aromatic carbocycles. The van der Waals surface area contributed by atoms with E-state index >= 15 is 0 Å². The molecule has 2 N–H and O–H groups in total. The van der Waals surface area contributed by atoms with Crippen LogP contribution >= 0.6 is 0 Å². The summed E-state index contributed by atoms with van der Waals surface area (Å²) < 4.78 is 22.5. The van der Waals surface area contributed by atoms with E-state index in [9.17, 15) is 8.42 Å². The van der Waals surface area contributed by atoms with E-state index in [0.717, 1.165) is 5.56 Å². The van der Waals surface area contributed by atoms with Crippen LogP contribution in [0.1, 0.15) is 17.9 Å². The maximum Gasteiger partial charge on any atom is 0.150 e. The van der Waals surface area contributed by atoms with Crippen LogP contribution in [-0.4, -0.2) is 24.9 Å². The lowest BCUT2D eigenvalue weighted by Crippen LogP contribution is -2.04. The van der Waals surface area contributed by atoms with Crippen LogP contribution in [0.2, 0.25) is 0 Å². The number of anilines is 1. The molecule has 1 aliphatic rings. The van der Waals surface area contributed by atoms with Gasteiger partial charge in [0.25, 0.3) is 0 Å². The molecule has 1 aromatic heterocycles. The van der Waals surface area contributed by atoms with Gasteiger partial charge in [-0.3, -0.25) is 0 Å². The second kappa shape index (κ2) is 3.24. The van der Waals surface area contributed by atoms with Gasteiger partial charge in [0.1, 0.15) is 5.82 Å². The molecular weight excluding hydrogens is 200 g/mol. The van der Waals surface area contributed by atoms with Crippen molar-refractivity contribution in [2.24, 2.45) is 0 Å². The summed E-state index contributed by atoms with van der Waals surface area (Å²) >= 11 is 0. The smallest absolute Gasteiger partial charge is 0.150 e. The number of nitrogens with two attached hydrogens (primary N) is 1. The van der Waals surface area contributed by atoms with Gasteiger partial charge >= 0.3 is 0 Å². The fraction of sp³-hybridized carbons (Fsp3) is 0.444. The van der Waals surface area contributed by atoms with Crippen LogP contribution in [0.4, 0.5) is 5.82 Å². The van der Waals surface area contributed by atoms with Crippen molar-refractivity contribution >= 4 is 15.7 Å². The Morgan fingerprint density at radius 2 is 2.21 bits per heavy atom. The predicted molar refractivity (Wildman–Crippen MR) is 54.7 cm³/mol. The van der Waals surface area contributed by atoms with E-state index in [2.05, 4.69) is 4.98 Å². The molecule has 4 nitrogen and oxygen atoms in total. The topological polar surface area (TPSA) is 73.1 Å². The standard InChI is InChI=1S/C9H12N2O2S/c10-9-2-1-7(5-11-9)8-3-4-14(12,13)6-8/h1-2,5,8H,3-4,6H2,(H2,10,11)/t8-/m1/s1. The molecule has 0 aliphatic carbocycles. The van der Waals surface area contributed by atoms with E-state index in [-0.39, 0.29) is 11.7 Å². The van der Waals surface area contributed by atoms with Crippen molar-refractivity contribution in [3.05, 3.63) is 23.9 Å². The molecule has 5 heteroatoms. The highest BCUT2D eigenvalue weighted by atomic mass is 32.2. The number of aromatic nitrogens is 1. The summed E-state index contributed by atoms with van der Waals surface area (Å²) in [5.41, 5.74) is 6.42. The molecule has 14 heavy (non-hydrogen) atoms. The molecule has 1 aromatic rings. The molecule has 2 rings (SSSR count). The summed E-state index contributed by atoms with van der Waals surface area (Å²) in [5.74, 6) is 1.11. The van der Waals surface area contributed by atoms with Gasteiger partial charge in [0.05, 0.1) is 11.5 Å². The molecule has 1 aliphatic heterocycles. The van der Waals surface area contributed by atoms with E-state index in [4.69, 9.17) is 5.73 Å². The zero-order valence-corrected chi connectivity index (χ0v) is 8.50. The van der Waals surface area contributed by atoms with Crippen LogP contribution < -0.4 is 5.73 Å².